The highest BCUT2D eigenvalue weighted by Gasteiger charge is 2.27. The van der Waals surface area contributed by atoms with Crippen molar-refractivity contribution in [3.63, 3.8) is 0 Å². The van der Waals surface area contributed by atoms with Gasteiger partial charge in [0, 0.05) is 13.1 Å². The molecule has 0 aromatic carbocycles. The van der Waals surface area contributed by atoms with E-state index < -0.39 is 38.4 Å². The number of aliphatic carboxylic acids is 1. The molecule has 14 heteroatoms. The van der Waals surface area contributed by atoms with Crippen molar-refractivity contribution in [2.75, 3.05) is 38.7 Å². The normalized spacial score (nSPS) is 17.6. The second-order valence-electron chi connectivity index (χ2n) is 6.01. The molecule has 2 rings (SSSR count). The Morgan fingerprint density at radius 2 is 1.29 bits per heavy atom. The van der Waals surface area contributed by atoms with Crippen molar-refractivity contribution >= 4 is 44.5 Å². The number of halogens is 1. The Hall–Kier alpha value is -0.990. The summed E-state index contributed by atoms with van der Waals surface area (Å²) in [5.41, 5.74) is 0. The van der Waals surface area contributed by atoms with Crippen LogP contribution in [-0.4, -0.2) is 89.6 Å². The molecule has 28 heavy (non-hydrogen) atoms. The van der Waals surface area contributed by atoms with E-state index >= 15 is 0 Å². The first kappa shape index (κ1) is 29.2. The third-order valence-corrected chi connectivity index (χ3v) is 4.49. The number of rotatable bonds is 6. The lowest BCUT2D eigenvalue weighted by molar-refractivity contribution is -0.144. The lowest BCUT2D eigenvalue weighted by Gasteiger charge is -2.32. The molecule has 0 radical (unpaired) electrons. The summed E-state index contributed by atoms with van der Waals surface area (Å²) in [6, 6.07) is 0. The Balaban J connectivity index is 0. The number of hydrogen-bond acceptors (Lipinski definition) is 9. The minimum atomic E-state index is -3.65. The molecule has 0 aromatic rings. The largest absolute Gasteiger partial charge is 0.479 e. The summed E-state index contributed by atoms with van der Waals surface area (Å²) >= 11 is 0. The fourth-order valence-electron chi connectivity index (χ4n) is 1.58. The molecule has 2 saturated heterocycles. The minimum absolute atomic E-state index is 0. The first-order valence-corrected chi connectivity index (χ1v) is 11.8. The molecule has 2 N–H and O–H groups in total. The fourth-order valence-corrected chi connectivity index (χ4v) is 2.79. The van der Waals surface area contributed by atoms with Gasteiger partial charge in [-0.25, -0.2) is 4.79 Å². The van der Waals surface area contributed by atoms with Crippen LogP contribution in [0.15, 0.2) is 0 Å². The fraction of sp³-hybridized carbons (Fsp3) is 0.857. The summed E-state index contributed by atoms with van der Waals surface area (Å²) < 4.78 is 50.5. The van der Waals surface area contributed by atoms with Crippen molar-refractivity contribution in [2.45, 2.75) is 38.9 Å². The van der Waals surface area contributed by atoms with Crippen molar-refractivity contribution in [3.8, 4) is 0 Å². The number of carboxylic acids is 1. The van der Waals surface area contributed by atoms with E-state index in [0.29, 0.717) is 13.1 Å². The second-order valence-corrected chi connectivity index (χ2v) is 9.21. The SMILES string of the molecule is C1CNC1.C[C@@H](OS(C)(=O)=O)C(=O)N1CCC1.C[C@@H](OS(C)(=O)=O)C(=O)O.Cl. The zero-order chi connectivity index (χ0) is 21.3. The van der Waals surface area contributed by atoms with Crippen molar-refractivity contribution in [3.05, 3.63) is 0 Å². The quantitative estimate of drug-likeness (QED) is 0.483. The van der Waals surface area contributed by atoms with Crippen LogP contribution in [0.2, 0.25) is 0 Å². The summed E-state index contributed by atoms with van der Waals surface area (Å²) in [7, 11) is -7.18. The number of carboxylic acid groups (broad SMARTS) is 1. The van der Waals surface area contributed by atoms with Gasteiger partial charge in [0.25, 0.3) is 26.1 Å². The molecule has 2 atom stereocenters. The molecule has 11 nitrogen and oxygen atoms in total. The van der Waals surface area contributed by atoms with Gasteiger partial charge in [0.05, 0.1) is 12.5 Å². The number of nitrogens with zero attached hydrogens (tertiary/aromatic N) is 1. The predicted octanol–water partition coefficient (Wildman–Crippen LogP) is -0.579. The van der Waals surface area contributed by atoms with Crippen LogP contribution in [0, 0.1) is 0 Å². The molecule has 0 spiro atoms. The number of carbonyl (C=O) groups excluding carboxylic acids is 1. The monoisotopic (exact) mass is 468 g/mol. The predicted molar refractivity (Wildman–Crippen MR) is 104 cm³/mol. The third kappa shape index (κ3) is 15.0. The average Bonchev–Trinajstić information content (AvgIpc) is 2.30. The van der Waals surface area contributed by atoms with Gasteiger partial charge in [-0.2, -0.15) is 16.8 Å². The van der Waals surface area contributed by atoms with Gasteiger partial charge in [-0.1, -0.05) is 0 Å². The van der Waals surface area contributed by atoms with E-state index in [1.54, 1.807) is 4.90 Å². The van der Waals surface area contributed by atoms with Crippen LogP contribution in [0.3, 0.4) is 0 Å². The number of likely N-dealkylation sites (tertiary alicyclic amines) is 1. The maximum absolute atomic E-state index is 11.3. The van der Waals surface area contributed by atoms with Crippen molar-refractivity contribution in [1.82, 2.24) is 10.2 Å². The van der Waals surface area contributed by atoms with Crippen molar-refractivity contribution < 1.29 is 39.9 Å². The number of amides is 1. The van der Waals surface area contributed by atoms with Crippen LogP contribution in [0.25, 0.3) is 0 Å². The standard InChI is InChI=1S/C7H13NO4S.C4H8O5S.C3H7N.ClH/c1-6(12-13(2,10)11)7(9)8-4-3-5-8;1-3(4(5)6)9-10(2,7)8;1-2-4-3-1;/h6H,3-5H2,1-2H3;3H,1-2H3,(H,5,6);4H,1-3H2;1H/t6-;3-;;/m11../s1. The Labute approximate surface area is 172 Å². The third-order valence-electron chi connectivity index (χ3n) is 3.21. The molecule has 0 aromatic heterocycles. The molecule has 0 aliphatic carbocycles. The summed E-state index contributed by atoms with van der Waals surface area (Å²) in [5.74, 6) is -1.55. The summed E-state index contributed by atoms with van der Waals surface area (Å²) in [6.45, 7) is 6.50. The van der Waals surface area contributed by atoms with Crippen molar-refractivity contribution in [2.24, 2.45) is 0 Å². The second kappa shape index (κ2) is 13.3. The van der Waals surface area contributed by atoms with Crippen LogP contribution in [0.4, 0.5) is 0 Å². The summed E-state index contributed by atoms with van der Waals surface area (Å²) in [5, 5.41) is 11.3. The van der Waals surface area contributed by atoms with E-state index in [4.69, 9.17) is 5.11 Å². The zero-order valence-electron chi connectivity index (χ0n) is 16.3. The average molecular weight is 469 g/mol. The van der Waals surface area contributed by atoms with Gasteiger partial charge >= 0.3 is 5.97 Å². The molecule has 2 heterocycles. The lowest BCUT2D eigenvalue weighted by atomic mass is 10.2. The maximum atomic E-state index is 11.3. The van der Waals surface area contributed by atoms with Crippen LogP contribution in [0.1, 0.15) is 26.7 Å². The van der Waals surface area contributed by atoms with E-state index in [0.717, 1.165) is 25.9 Å². The van der Waals surface area contributed by atoms with E-state index in [1.165, 1.54) is 26.4 Å². The molecule has 0 saturated carbocycles. The highest BCUT2D eigenvalue weighted by atomic mass is 35.5. The van der Waals surface area contributed by atoms with E-state index in [-0.39, 0.29) is 18.3 Å². The van der Waals surface area contributed by atoms with Gasteiger partial charge in [0.15, 0.2) is 12.2 Å². The number of nitrogens with one attached hydrogen (secondary N) is 1. The van der Waals surface area contributed by atoms with E-state index in [9.17, 15) is 26.4 Å². The smallest absolute Gasteiger partial charge is 0.334 e. The van der Waals surface area contributed by atoms with Gasteiger partial charge in [0.2, 0.25) is 0 Å². The van der Waals surface area contributed by atoms with Crippen LogP contribution >= 0.6 is 12.4 Å². The highest BCUT2D eigenvalue weighted by molar-refractivity contribution is 7.86. The maximum Gasteiger partial charge on any atom is 0.334 e. The number of hydrogen-bond donors (Lipinski definition) is 2. The molecule has 0 bridgehead atoms. The first-order valence-electron chi connectivity index (χ1n) is 8.21. The molecule has 2 fully saturated rings. The van der Waals surface area contributed by atoms with E-state index in [2.05, 4.69) is 13.7 Å². The summed E-state index contributed by atoms with van der Waals surface area (Å²) in [4.78, 5) is 22.9. The molecular weight excluding hydrogens is 440 g/mol. The van der Waals surface area contributed by atoms with Crippen LogP contribution in [-0.2, 0) is 38.2 Å². The Kier molecular flexibility index (Phi) is 13.8. The molecule has 1 amide bonds. The molecule has 2 aliphatic rings. The van der Waals surface area contributed by atoms with Gasteiger partial charge in [-0.15, -0.1) is 12.4 Å². The van der Waals surface area contributed by atoms with Gasteiger partial charge < -0.3 is 15.3 Å². The van der Waals surface area contributed by atoms with Crippen LogP contribution in [0.5, 0.6) is 0 Å². The number of carbonyl (C=O) groups is 2. The molecule has 168 valence electrons. The Morgan fingerprint density at radius 3 is 1.46 bits per heavy atom. The van der Waals surface area contributed by atoms with Gasteiger partial charge in [-0.05, 0) is 39.8 Å². The lowest BCUT2D eigenvalue weighted by Crippen LogP contribution is -2.47. The topological polar surface area (TPSA) is 156 Å². The first-order chi connectivity index (χ1) is 12.2. The highest BCUT2D eigenvalue weighted by Crippen LogP contribution is 2.10. The van der Waals surface area contributed by atoms with Gasteiger partial charge in [-0.3, -0.25) is 13.2 Å². The molecular formula is C14H29ClN2O9S2. The van der Waals surface area contributed by atoms with Crippen LogP contribution < -0.4 is 5.32 Å². The Morgan fingerprint density at radius 1 is 0.929 bits per heavy atom. The van der Waals surface area contributed by atoms with E-state index in [1.807, 2.05) is 0 Å². The molecule has 0 unspecified atom stereocenters. The molecule has 2 aliphatic heterocycles. The Bertz CT molecular complexity index is 686. The minimum Gasteiger partial charge on any atom is -0.479 e. The van der Waals surface area contributed by atoms with Gasteiger partial charge in [0.1, 0.15) is 0 Å². The zero-order valence-corrected chi connectivity index (χ0v) is 18.7. The van der Waals surface area contributed by atoms with Crippen molar-refractivity contribution in [1.29, 1.82) is 0 Å². The summed E-state index contributed by atoms with van der Waals surface area (Å²) in [6.07, 6.45) is 1.90.